The smallest absolute Gasteiger partial charge is 0.265 e. The van der Waals surface area contributed by atoms with Crippen LogP contribution in [-0.4, -0.2) is 15.9 Å². The zero-order chi connectivity index (χ0) is 8.39. The molecule has 0 N–H and O–H groups in total. The van der Waals surface area contributed by atoms with Crippen LogP contribution in [0.1, 0.15) is 5.82 Å². The average Bonchev–Trinajstić information content (AvgIpc) is 2.53. The Kier molecular flexibility index (Phi) is 1.48. The maximum absolute atomic E-state index is 11.0. The molecule has 0 saturated carbocycles. The Hall–Kier alpha value is -1.91. The highest BCUT2D eigenvalue weighted by Gasteiger charge is 2.17. The third kappa shape index (κ3) is 1.01. The lowest BCUT2D eigenvalue weighted by Gasteiger charge is -1.93. The van der Waals surface area contributed by atoms with Crippen LogP contribution in [0.15, 0.2) is 34.9 Å². The second-order valence-corrected chi connectivity index (χ2v) is 2.14. The first-order valence-electron chi connectivity index (χ1n) is 3.30. The second-order valence-electron chi connectivity index (χ2n) is 2.14. The molecule has 58 valence electrons. The van der Waals surface area contributed by atoms with Gasteiger partial charge < -0.3 is 0 Å². The summed E-state index contributed by atoms with van der Waals surface area (Å²) in [6, 6.07) is 1.68. The third-order valence-electron chi connectivity index (χ3n) is 1.37. The molecule has 2 heterocycles. The summed E-state index contributed by atoms with van der Waals surface area (Å²) < 4.78 is 0. The molecule has 1 aliphatic heterocycles. The van der Waals surface area contributed by atoms with Crippen molar-refractivity contribution in [3.8, 4) is 0 Å². The number of azo groups is 1. The van der Waals surface area contributed by atoms with Crippen LogP contribution >= 0.6 is 0 Å². The lowest BCUT2D eigenvalue weighted by molar-refractivity contribution is -0.112. The lowest BCUT2D eigenvalue weighted by atomic mass is 10.2. The molecule has 0 bridgehead atoms. The van der Waals surface area contributed by atoms with E-state index < -0.39 is 0 Å². The topological polar surface area (TPSA) is 67.6 Å². The maximum Gasteiger partial charge on any atom is 0.300 e. The first-order valence-corrected chi connectivity index (χ1v) is 3.30. The molecule has 0 aromatic carbocycles. The largest absolute Gasteiger partial charge is 0.300 e. The van der Waals surface area contributed by atoms with Crippen LogP contribution in [0.4, 0.5) is 0 Å². The molecule has 0 spiro atoms. The van der Waals surface area contributed by atoms with E-state index in [1.807, 2.05) is 0 Å². The standard InChI is InChI=1S/C7H4N4O/c12-7-5(4-10-11-7)6-8-2-1-3-9-6/h1-4H. The molecular weight excluding hydrogens is 156 g/mol. The summed E-state index contributed by atoms with van der Waals surface area (Å²) in [6.45, 7) is 0. The van der Waals surface area contributed by atoms with E-state index in [0.29, 0.717) is 11.4 Å². The Morgan fingerprint density at radius 2 is 1.92 bits per heavy atom. The van der Waals surface area contributed by atoms with E-state index in [1.54, 1.807) is 18.5 Å². The van der Waals surface area contributed by atoms with Crippen LogP contribution in [0, 0.1) is 0 Å². The molecule has 0 saturated heterocycles. The van der Waals surface area contributed by atoms with Crippen molar-refractivity contribution in [1.29, 1.82) is 0 Å². The van der Waals surface area contributed by atoms with E-state index in [1.165, 1.54) is 6.20 Å². The molecule has 0 aliphatic carbocycles. The fourth-order valence-corrected chi connectivity index (χ4v) is 0.840. The molecule has 5 heteroatoms. The molecule has 2 rings (SSSR count). The summed E-state index contributed by atoms with van der Waals surface area (Å²) in [5.74, 6) is -0.0197. The molecule has 1 aliphatic rings. The highest BCUT2D eigenvalue weighted by atomic mass is 16.2. The third-order valence-corrected chi connectivity index (χ3v) is 1.37. The SMILES string of the molecule is O=C1N=NC=C1c1ncccn1. The van der Waals surface area contributed by atoms with Crippen molar-refractivity contribution in [3.63, 3.8) is 0 Å². The molecule has 1 aromatic heterocycles. The Morgan fingerprint density at radius 1 is 1.17 bits per heavy atom. The van der Waals surface area contributed by atoms with Crippen LogP contribution in [0.5, 0.6) is 0 Å². The Labute approximate surface area is 67.9 Å². The van der Waals surface area contributed by atoms with Gasteiger partial charge in [0.05, 0.1) is 6.20 Å². The van der Waals surface area contributed by atoms with E-state index in [-0.39, 0.29) is 5.91 Å². The van der Waals surface area contributed by atoms with Gasteiger partial charge in [-0.15, -0.1) is 5.11 Å². The molecule has 1 aromatic rings. The second kappa shape index (κ2) is 2.61. The molecule has 0 atom stereocenters. The highest BCUT2D eigenvalue weighted by molar-refractivity contribution is 6.19. The first-order chi connectivity index (χ1) is 5.88. The van der Waals surface area contributed by atoms with Gasteiger partial charge in [-0.1, -0.05) is 0 Å². The number of hydrogen-bond donors (Lipinski definition) is 0. The van der Waals surface area contributed by atoms with E-state index >= 15 is 0 Å². The number of nitrogens with zero attached hydrogens (tertiary/aromatic N) is 4. The van der Waals surface area contributed by atoms with Crippen molar-refractivity contribution >= 4 is 11.5 Å². The average molecular weight is 160 g/mol. The van der Waals surface area contributed by atoms with Gasteiger partial charge in [-0.2, -0.15) is 5.11 Å². The van der Waals surface area contributed by atoms with Crippen molar-refractivity contribution in [2.45, 2.75) is 0 Å². The molecule has 0 fully saturated rings. The monoisotopic (exact) mass is 160 g/mol. The van der Waals surface area contributed by atoms with Gasteiger partial charge in [-0.05, 0) is 6.07 Å². The van der Waals surface area contributed by atoms with Crippen LogP contribution in [-0.2, 0) is 4.79 Å². The first kappa shape index (κ1) is 6.78. The van der Waals surface area contributed by atoms with Gasteiger partial charge in [0.15, 0.2) is 5.82 Å². The van der Waals surface area contributed by atoms with Crippen molar-refractivity contribution in [2.75, 3.05) is 0 Å². The zero-order valence-corrected chi connectivity index (χ0v) is 6.01. The number of aromatic nitrogens is 2. The van der Waals surface area contributed by atoms with E-state index in [2.05, 4.69) is 20.2 Å². The van der Waals surface area contributed by atoms with E-state index in [4.69, 9.17) is 0 Å². The van der Waals surface area contributed by atoms with Crippen LogP contribution < -0.4 is 0 Å². The number of hydrogen-bond acceptors (Lipinski definition) is 4. The number of carbonyl (C=O) groups excluding carboxylic acids is 1. The fourth-order valence-electron chi connectivity index (χ4n) is 0.840. The predicted molar refractivity (Wildman–Crippen MR) is 39.9 cm³/mol. The highest BCUT2D eigenvalue weighted by Crippen LogP contribution is 2.15. The minimum atomic E-state index is -0.388. The van der Waals surface area contributed by atoms with Crippen molar-refractivity contribution in [1.82, 2.24) is 9.97 Å². The number of amides is 1. The molecular formula is C7H4N4O. The number of carbonyl (C=O) groups is 1. The van der Waals surface area contributed by atoms with Crippen LogP contribution in [0.2, 0.25) is 0 Å². The van der Waals surface area contributed by atoms with Crippen molar-refractivity contribution < 1.29 is 4.79 Å². The Morgan fingerprint density at radius 3 is 2.50 bits per heavy atom. The summed E-state index contributed by atoms with van der Waals surface area (Å²) in [5, 5.41) is 6.76. The van der Waals surface area contributed by atoms with Gasteiger partial charge in [0, 0.05) is 12.4 Å². The minimum absolute atomic E-state index is 0.343. The van der Waals surface area contributed by atoms with E-state index in [9.17, 15) is 4.79 Å². The Balaban J connectivity index is 2.40. The van der Waals surface area contributed by atoms with Crippen LogP contribution in [0.3, 0.4) is 0 Å². The molecule has 0 radical (unpaired) electrons. The van der Waals surface area contributed by atoms with Crippen molar-refractivity contribution in [3.05, 3.63) is 30.5 Å². The van der Waals surface area contributed by atoms with E-state index in [0.717, 1.165) is 0 Å². The van der Waals surface area contributed by atoms with Gasteiger partial charge in [0.2, 0.25) is 0 Å². The summed E-state index contributed by atoms with van der Waals surface area (Å²) in [6.07, 6.45) is 4.49. The quantitative estimate of drug-likeness (QED) is 0.610. The summed E-state index contributed by atoms with van der Waals surface area (Å²) in [5.41, 5.74) is 0.343. The normalized spacial score (nSPS) is 15.0. The Bertz CT molecular complexity index is 368. The summed E-state index contributed by atoms with van der Waals surface area (Å²) in [7, 11) is 0. The van der Waals surface area contributed by atoms with Gasteiger partial charge in [0.25, 0.3) is 0 Å². The fraction of sp³-hybridized carbons (Fsp3) is 0. The van der Waals surface area contributed by atoms with Gasteiger partial charge in [0.1, 0.15) is 5.57 Å². The molecule has 12 heavy (non-hydrogen) atoms. The molecule has 0 unspecified atom stereocenters. The van der Waals surface area contributed by atoms with Gasteiger partial charge in [-0.3, -0.25) is 4.79 Å². The maximum atomic E-state index is 11.0. The molecule has 5 nitrogen and oxygen atoms in total. The van der Waals surface area contributed by atoms with Gasteiger partial charge in [-0.25, -0.2) is 9.97 Å². The number of rotatable bonds is 1. The van der Waals surface area contributed by atoms with Crippen LogP contribution in [0.25, 0.3) is 5.57 Å². The van der Waals surface area contributed by atoms with Gasteiger partial charge >= 0.3 is 5.91 Å². The molecule has 1 amide bonds. The summed E-state index contributed by atoms with van der Waals surface area (Å²) in [4.78, 5) is 18.7. The minimum Gasteiger partial charge on any atom is -0.265 e. The van der Waals surface area contributed by atoms with Crippen molar-refractivity contribution in [2.24, 2.45) is 10.2 Å². The summed E-state index contributed by atoms with van der Waals surface area (Å²) >= 11 is 0. The lowest BCUT2D eigenvalue weighted by Crippen LogP contribution is -1.98. The zero-order valence-electron chi connectivity index (χ0n) is 6.01. The predicted octanol–water partition coefficient (Wildman–Crippen LogP) is 0.810.